The summed E-state index contributed by atoms with van der Waals surface area (Å²) in [6.07, 6.45) is 0. The summed E-state index contributed by atoms with van der Waals surface area (Å²) in [5.41, 5.74) is 1.38. The van der Waals surface area contributed by atoms with Gasteiger partial charge in [0.2, 0.25) is 5.91 Å². The molecule has 5 heteroatoms. The Morgan fingerprint density at radius 1 is 1.35 bits per heavy atom. The molecular formula is C12H14ClNO3. The van der Waals surface area contributed by atoms with Crippen molar-refractivity contribution in [1.29, 1.82) is 0 Å². The highest BCUT2D eigenvalue weighted by atomic mass is 35.5. The molecule has 0 aliphatic rings. The van der Waals surface area contributed by atoms with Crippen molar-refractivity contribution in [3.8, 4) is 0 Å². The number of carbonyl (C=O) groups is 2. The van der Waals surface area contributed by atoms with Gasteiger partial charge in [-0.25, -0.2) is 4.79 Å². The molecule has 0 radical (unpaired) electrons. The molecular weight excluding hydrogens is 242 g/mol. The number of benzene rings is 1. The number of hydrogen-bond acceptors (Lipinski definition) is 3. The van der Waals surface area contributed by atoms with Crippen molar-refractivity contribution in [1.82, 2.24) is 5.32 Å². The van der Waals surface area contributed by atoms with Crippen LogP contribution in [0.15, 0.2) is 24.3 Å². The lowest BCUT2D eigenvalue weighted by Crippen LogP contribution is -2.27. The lowest BCUT2D eigenvalue weighted by Gasteiger charge is -2.13. The molecule has 17 heavy (non-hydrogen) atoms. The fourth-order valence-electron chi connectivity index (χ4n) is 1.39. The summed E-state index contributed by atoms with van der Waals surface area (Å²) in [6, 6.07) is 6.71. The van der Waals surface area contributed by atoms with Gasteiger partial charge in [0, 0.05) is 0 Å². The van der Waals surface area contributed by atoms with Gasteiger partial charge in [0.25, 0.3) is 0 Å². The maximum absolute atomic E-state index is 11.2. The maximum atomic E-state index is 11.2. The molecule has 1 rings (SSSR count). The second kappa shape index (κ2) is 6.25. The first-order valence-corrected chi connectivity index (χ1v) is 5.65. The highest BCUT2D eigenvalue weighted by Crippen LogP contribution is 2.13. The van der Waals surface area contributed by atoms with Crippen molar-refractivity contribution >= 4 is 23.5 Å². The Morgan fingerprint density at radius 2 is 1.94 bits per heavy atom. The van der Waals surface area contributed by atoms with Crippen molar-refractivity contribution < 1.29 is 14.3 Å². The van der Waals surface area contributed by atoms with E-state index in [4.69, 9.17) is 11.6 Å². The van der Waals surface area contributed by atoms with Crippen LogP contribution in [0.2, 0.25) is 0 Å². The van der Waals surface area contributed by atoms with E-state index >= 15 is 0 Å². The van der Waals surface area contributed by atoms with Gasteiger partial charge in [-0.3, -0.25) is 4.79 Å². The molecule has 92 valence electrons. The third-order valence-electron chi connectivity index (χ3n) is 2.33. The van der Waals surface area contributed by atoms with Gasteiger partial charge in [0.15, 0.2) is 0 Å². The number of hydrogen-bond donors (Lipinski definition) is 1. The Morgan fingerprint density at radius 3 is 2.41 bits per heavy atom. The van der Waals surface area contributed by atoms with Crippen molar-refractivity contribution in [2.24, 2.45) is 0 Å². The van der Waals surface area contributed by atoms with Gasteiger partial charge in [0.05, 0.1) is 18.7 Å². The summed E-state index contributed by atoms with van der Waals surface area (Å²) in [7, 11) is 1.33. The molecule has 4 nitrogen and oxygen atoms in total. The van der Waals surface area contributed by atoms with Gasteiger partial charge in [0.1, 0.15) is 5.88 Å². The zero-order valence-electron chi connectivity index (χ0n) is 9.70. The summed E-state index contributed by atoms with van der Waals surface area (Å²) < 4.78 is 4.59. The molecule has 1 atom stereocenters. The Labute approximate surface area is 105 Å². The predicted octanol–water partition coefficient (Wildman–Crippen LogP) is 1.89. The van der Waals surface area contributed by atoms with E-state index < -0.39 is 0 Å². The molecule has 0 saturated carbocycles. The summed E-state index contributed by atoms with van der Waals surface area (Å²) in [5.74, 6) is -0.671. The molecule has 1 aromatic carbocycles. The first-order valence-electron chi connectivity index (χ1n) is 5.12. The standard InChI is InChI=1S/C12H14ClNO3/c1-8(14-11(15)7-13)9-3-5-10(6-4-9)12(16)17-2/h3-6,8H,7H2,1-2H3,(H,14,15)/t8-/m0/s1. The molecule has 1 aromatic rings. The van der Waals surface area contributed by atoms with E-state index in [1.807, 2.05) is 6.92 Å². The lowest BCUT2D eigenvalue weighted by atomic mass is 10.1. The monoisotopic (exact) mass is 255 g/mol. The Bertz CT molecular complexity index is 403. The average Bonchev–Trinajstić information content (AvgIpc) is 2.37. The van der Waals surface area contributed by atoms with Crippen LogP contribution in [-0.4, -0.2) is 24.9 Å². The van der Waals surface area contributed by atoms with Crippen LogP contribution >= 0.6 is 11.6 Å². The minimum absolute atomic E-state index is 0.0649. The van der Waals surface area contributed by atoms with Crippen LogP contribution in [0.1, 0.15) is 28.9 Å². The number of esters is 1. The normalized spacial score (nSPS) is 11.7. The van der Waals surface area contributed by atoms with Crippen LogP contribution in [0.4, 0.5) is 0 Å². The SMILES string of the molecule is COC(=O)c1ccc([C@H](C)NC(=O)CCl)cc1. The van der Waals surface area contributed by atoms with Crippen LogP contribution in [0.25, 0.3) is 0 Å². The second-order valence-corrected chi connectivity index (χ2v) is 3.80. The van der Waals surface area contributed by atoms with E-state index in [-0.39, 0.29) is 23.8 Å². The van der Waals surface area contributed by atoms with Gasteiger partial charge in [-0.1, -0.05) is 12.1 Å². The Balaban J connectivity index is 2.73. The first-order chi connectivity index (χ1) is 8.08. The molecule has 0 aromatic heterocycles. The number of carbonyl (C=O) groups excluding carboxylic acids is 2. The second-order valence-electron chi connectivity index (χ2n) is 3.54. The lowest BCUT2D eigenvalue weighted by molar-refractivity contribution is -0.119. The number of rotatable bonds is 4. The van der Waals surface area contributed by atoms with E-state index in [1.165, 1.54) is 7.11 Å². The third-order valence-corrected chi connectivity index (χ3v) is 2.57. The average molecular weight is 256 g/mol. The molecule has 1 amide bonds. The van der Waals surface area contributed by atoms with Crippen LogP contribution in [0, 0.1) is 0 Å². The zero-order chi connectivity index (χ0) is 12.8. The van der Waals surface area contributed by atoms with E-state index in [9.17, 15) is 9.59 Å². The van der Waals surface area contributed by atoms with Gasteiger partial charge < -0.3 is 10.1 Å². The van der Waals surface area contributed by atoms with Crippen molar-refractivity contribution in [3.05, 3.63) is 35.4 Å². The third kappa shape index (κ3) is 3.75. The Hall–Kier alpha value is -1.55. The quantitative estimate of drug-likeness (QED) is 0.660. The van der Waals surface area contributed by atoms with Crippen LogP contribution in [-0.2, 0) is 9.53 Å². The molecule has 0 heterocycles. The highest BCUT2D eigenvalue weighted by Gasteiger charge is 2.10. The summed E-state index contributed by atoms with van der Waals surface area (Å²) >= 11 is 5.40. The van der Waals surface area contributed by atoms with Gasteiger partial charge in [-0.2, -0.15) is 0 Å². The molecule has 0 unspecified atom stereocenters. The van der Waals surface area contributed by atoms with Gasteiger partial charge in [-0.15, -0.1) is 11.6 Å². The van der Waals surface area contributed by atoms with Gasteiger partial charge in [-0.05, 0) is 24.6 Å². The van der Waals surface area contributed by atoms with Crippen LogP contribution in [0.5, 0.6) is 0 Å². The number of amides is 1. The minimum Gasteiger partial charge on any atom is -0.465 e. The largest absolute Gasteiger partial charge is 0.465 e. The van der Waals surface area contributed by atoms with Crippen molar-refractivity contribution in [2.45, 2.75) is 13.0 Å². The molecule has 0 saturated heterocycles. The number of methoxy groups -OCH3 is 1. The maximum Gasteiger partial charge on any atom is 0.337 e. The number of ether oxygens (including phenoxy) is 1. The molecule has 1 N–H and O–H groups in total. The number of halogens is 1. The van der Waals surface area contributed by atoms with Gasteiger partial charge >= 0.3 is 5.97 Å². The van der Waals surface area contributed by atoms with E-state index in [0.717, 1.165) is 5.56 Å². The molecule has 0 aliphatic heterocycles. The molecule has 0 aliphatic carbocycles. The summed E-state index contributed by atoms with van der Waals surface area (Å²) in [6.45, 7) is 1.84. The Kier molecular flexibility index (Phi) is 4.97. The smallest absolute Gasteiger partial charge is 0.337 e. The first kappa shape index (κ1) is 13.5. The highest BCUT2D eigenvalue weighted by molar-refractivity contribution is 6.27. The summed E-state index contributed by atoms with van der Waals surface area (Å²) in [4.78, 5) is 22.3. The molecule has 0 spiro atoms. The predicted molar refractivity (Wildman–Crippen MR) is 65.1 cm³/mol. The zero-order valence-corrected chi connectivity index (χ0v) is 10.5. The topological polar surface area (TPSA) is 55.4 Å². The number of alkyl halides is 1. The summed E-state index contributed by atoms with van der Waals surface area (Å²) in [5, 5.41) is 2.72. The molecule has 0 bridgehead atoms. The minimum atomic E-state index is -0.381. The van der Waals surface area contributed by atoms with Crippen molar-refractivity contribution in [2.75, 3.05) is 13.0 Å². The molecule has 0 fully saturated rings. The van der Waals surface area contributed by atoms with Crippen LogP contribution < -0.4 is 5.32 Å². The number of nitrogens with one attached hydrogen (secondary N) is 1. The fourth-order valence-corrected chi connectivity index (χ4v) is 1.47. The van der Waals surface area contributed by atoms with E-state index in [2.05, 4.69) is 10.1 Å². The van der Waals surface area contributed by atoms with Crippen molar-refractivity contribution in [3.63, 3.8) is 0 Å². The van der Waals surface area contributed by atoms with E-state index in [1.54, 1.807) is 24.3 Å². The van der Waals surface area contributed by atoms with Crippen LogP contribution in [0.3, 0.4) is 0 Å². The fraction of sp³-hybridized carbons (Fsp3) is 0.333. The van der Waals surface area contributed by atoms with E-state index in [0.29, 0.717) is 5.56 Å².